The van der Waals surface area contributed by atoms with E-state index in [1.165, 1.54) is 0 Å². The lowest BCUT2D eigenvalue weighted by molar-refractivity contribution is -0.122. The molecule has 12 heavy (non-hydrogen) atoms. The van der Waals surface area contributed by atoms with Crippen LogP contribution in [0.4, 0.5) is 0 Å². The molecule has 3 fully saturated rings. The van der Waals surface area contributed by atoms with E-state index in [4.69, 9.17) is 0 Å². The number of nitrogens with one attached hydrogen (secondary N) is 2. The predicted molar refractivity (Wildman–Crippen MR) is 44.5 cm³/mol. The fourth-order valence-electron chi connectivity index (χ4n) is 2.26. The van der Waals surface area contributed by atoms with Crippen molar-refractivity contribution in [2.75, 3.05) is 13.1 Å². The van der Waals surface area contributed by atoms with Gasteiger partial charge in [0, 0.05) is 25.0 Å². The number of amides is 1. The van der Waals surface area contributed by atoms with Crippen molar-refractivity contribution in [3.8, 4) is 0 Å². The first-order chi connectivity index (χ1) is 5.86. The molecule has 3 atom stereocenters. The molecule has 1 amide bonds. The molecular formula is C9H14N2O. The molecule has 3 aliphatic rings. The van der Waals surface area contributed by atoms with E-state index < -0.39 is 0 Å². The minimum absolute atomic E-state index is 0.314. The van der Waals surface area contributed by atoms with Crippen LogP contribution in [-0.4, -0.2) is 25.0 Å². The van der Waals surface area contributed by atoms with Crippen LogP contribution >= 0.6 is 0 Å². The zero-order valence-corrected chi connectivity index (χ0v) is 7.05. The summed E-state index contributed by atoms with van der Waals surface area (Å²) in [5.74, 6) is 2.20. The summed E-state index contributed by atoms with van der Waals surface area (Å²) in [7, 11) is 0. The highest BCUT2D eigenvalue weighted by Crippen LogP contribution is 2.42. The molecule has 2 saturated carbocycles. The van der Waals surface area contributed by atoms with Gasteiger partial charge in [0.05, 0.1) is 0 Å². The fraction of sp³-hybridized carbons (Fsp3) is 0.889. The number of rotatable bonds is 2. The average molecular weight is 166 g/mol. The van der Waals surface area contributed by atoms with Gasteiger partial charge in [-0.1, -0.05) is 0 Å². The summed E-state index contributed by atoms with van der Waals surface area (Å²) in [6, 6.07) is 0.527. The Morgan fingerprint density at radius 2 is 1.92 bits per heavy atom. The second-order valence-corrected chi connectivity index (χ2v) is 4.29. The maximum atomic E-state index is 11.4. The molecule has 0 aromatic heterocycles. The third kappa shape index (κ3) is 0.959. The van der Waals surface area contributed by atoms with Crippen LogP contribution in [0.15, 0.2) is 0 Å². The van der Waals surface area contributed by atoms with Crippen molar-refractivity contribution in [2.45, 2.75) is 18.9 Å². The summed E-state index contributed by atoms with van der Waals surface area (Å²) in [5.41, 5.74) is 0. The Morgan fingerprint density at radius 3 is 2.50 bits per heavy atom. The van der Waals surface area contributed by atoms with Gasteiger partial charge in [0.15, 0.2) is 0 Å². The number of carbonyl (C=O) groups excluding carboxylic acids is 1. The molecule has 1 unspecified atom stereocenters. The second-order valence-electron chi connectivity index (χ2n) is 4.29. The minimum atomic E-state index is 0.314. The lowest BCUT2D eigenvalue weighted by atomic mass is 10.3. The number of hydrogen-bond donors (Lipinski definition) is 2. The first kappa shape index (κ1) is 6.89. The number of carbonyl (C=O) groups is 1. The normalized spacial score (nSPS) is 43.8. The quantitative estimate of drug-likeness (QED) is 0.593. The van der Waals surface area contributed by atoms with Gasteiger partial charge in [0.25, 0.3) is 0 Å². The van der Waals surface area contributed by atoms with Crippen LogP contribution < -0.4 is 10.6 Å². The Bertz CT molecular complexity index is 215. The van der Waals surface area contributed by atoms with E-state index in [0.29, 0.717) is 17.9 Å². The summed E-state index contributed by atoms with van der Waals surface area (Å²) >= 11 is 0. The van der Waals surface area contributed by atoms with Crippen LogP contribution in [0.25, 0.3) is 0 Å². The van der Waals surface area contributed by atoms with Crippen LogP contribution in [-0.2, 0) is 4.79 Å². The molecule has 66 valence electrons. The Hall–Kier alpha value is -0.570. The van der Waals surface area contributed by atoms with Crippen molar-refractivity contribution in [3.63, 3.8) is 0 Å². The van der Waals surface area contributed by atoms with Crippen LogP contribution in [0.3, 0.4) is 0 Å². The van der Waals surface area contributed by atoms with Gasteiger partial charge >= 0.3 is 0 Å². The van der Waals surface area contributed by atoms with Gasteiger partial charge in [-0.2, -0.15) is 0 Å². The Balaban J connectivity index is 1.53. The molecule has 0 aromatic rings. The van der Waals surface area contributed by atoms with Gasteiger partial charge in [-0.3, -0.25) is 4.79 Å². The van der Waals surface area contributed by atoms with Crippen LogP contribution in [0, 0.1) is 17.8 Å². The molecule has 0 radical (unpaired) electrons. The van der Waals surface area contributed by atoms with Gasteiger partial charge in [-0.15, -0.1) is 0 Å². The minimum Gasteiger partial charge on any atom is -0.352 e. The summed E-state index contributed by atoms with van der Waals surface area (Å²) in [5, 5.41) is 6.46. The maximum absolute atomic E-state index is 11.4. The molecule has 3 rings (SSSR count). The number of hydrogen-bond acceptors (Lipinski definition) is 2. The standard InChI is InChI=1S/C9H14N2O/c12-9(5-1-2-5)11-8-6-3-10-4-7(6)8/h5-8,10H,1-4H2,(H,11,12)/t6-,7+,8?. The van der Waals surface area contributed by atoms with Crippen LogP contribution in [0.1, 0.15) is 12.8 Å². The van der Waals surface area contributed by atoms with Crippen molar-refractivity contribution in [3.05, 3.63) is 0 Å². The van der Waals surface area contributed by atoms with E-state index in [9.17, 15) is 4.79 Å². The van der Waals surface area contributed by atoms with Crippen molar-refractivity contribution >= 4 is 5.91 Å². The van der Waals surface area contributed by atoms with E-state index >= 15 is 0 Å². The van der Waals surface area contributed by atoms with Gasteiger partial charge in [-0.05, 0) is 24.7 Å². The topological polar surface area (TPSA) is 41.1 Å². The molecule has 2 aliphatic carbocycles. The zero-order chi connectivity index (χ0) is 8.13. The van der Waals surface area contributed by atoms with E-state index in [2.05, 4.69) is 10.6 Å². The Morgan fingerprint density at radius 1 is 1.25 bits per heavy atom. The maximum Gasteiger partial charge on any atom is 0.223 e. The van der Waals surface area contributed by atoms with Crippen LogP contribution in [0.2, 0.25) is 0 Å². The van der Waals surface area contributed by atoms with Crippen molar-refractivity contribution in [1.29, 1.82) is 0 Å². The molecule has 3 nitrogen and oxygen atoms in total. The Kier molecular flexibility index (Phi) is 1.28. The van der Waals surface area contributed by atoms with E-state index in [0.717, 1.165) is 37.8 Å². The van der Waals surface area contributed by atoms with Crippen molar-refractivity contribution < 1.29 is 4.79 Å². The summed E-state index contributed by atoms with van der Waals surface area (Å²) in [6.45, 7) is 2.22. The highest BCUT2D eigenvalue weighted by molar-refractivity contribution is 5.81. The molecule has 0 aromatic carbocycles. The van der Waals surface area contributed by atoms with E-state index in [1.807, 2.05) is 0 Å². The average Bonchev–Trinajstić information content (AvgIpc) is 2.94. The van der Waals surface area contributed by atoms with E-state index in [-0.39, 0.29) is 0 Å². The van der Waals surface area contributed by atoms with Crippen molar-refractivity contribution in [2.24, 2.45) is 17.8 Å². The van der Waals surface area contributed by atoms with Crippen LogP contribution in [0.5, 0.6) is 0 Å². The predicted octanol–water partition coefficient (Wildman–Crippen LogP) is -0.270. The monoisotopic (exact) mass is 166 g/mol. The molecule has 0 spiro atoms. The van der Waals surface area contributed by atoms with E-state index in [1.54, 1.807) is 0 Å². The van der Waals surface area contributed by atoms with Gasteiger partial charge < -0.3 is 10.6 Å². The molecule has 0 bridgehead atoms. The zero-order valence-electron chi connectivity index (χ0n) is 7.05. The molecular weight excluding hydrogens is 152 g/mol. The summed E-state index contributed by atoms with van der Waals surface area (Å²) in [4.78, 5) is 11.4. The summed E-state index contributed by atoms with van der Waals surface area (Å²) < 4.78 is 0. The molecule has 1 aliphatic heterocycles. The van der Waals surface area contributed by atoms with Gasteiger partial charge in [0.2, 0.25) is 5.91 Å². The molecule has 2 N–H and O–H groups in total. The second kappa shape index (κ2) is 2.22. The largest absolute Gasteiger partial charge is 0.352 e. The third-order valence-electron chi connectivity index (χ3n) is 3.35. The third-order valence-corrected chi connectivity index (χ3v) is 3.35. The first-order valence-corrected chi connectivity index (χ1v) is 4.87. The Labute approximate surface area is 71.9 Å². The highest BCUT2D eigenvalue weighted by Gasteiger charge is 2.54. The summed E-state index contributed by atoms with van der Waals surface area (Å²) in [6.07, 6.45) is 2.23. The lowest BCUT2D eigenvalue weighted by Crippen LogP contribution is -2.33. The fourth-order valence-corrected chi connectivity index (χ4v) is 2.26. The number of piperidine rings is 1. The van der Waals surface area contributed by atoms with Crippen molar-refractivity contribution in [1.82, 2.24) is 10.6 Å². The molecule has 1 saturated heterocycles. The van der Waals surface area contributed by atoms with Gasteiger partial charge in [-0.25, -0.2) is 0 Å². The smallest absolute Gasteiger partial charge is 0.223 e. The SMILES string of the molecule is O=C(NC1[C@H]2CNC[C@@H]12)C1CC1. The first-order valence-electron chi connectivity index (χ1n) is 4.87. The number of fused-ring (bicyclic) bond motifs is 1. The lowest BCUT2D eigenvalue weighted by Gasteiger charge is -2.06. The molecule has 3 heteroatoms. The molecule has 1 heterocycles. The van der Waals surface area contributed by atoms with Gasteiger partial charge in [0.1, 0.15) is 0 Å². The highest BCUT2D eigenvalue weighted by atomic mass is 16.2.